The first-order valence-electron chi connectivity index (χ1n) is 11.9. The molecule has 5 heteroatoms. The van der Waals surface area contributed by atoms with Crippen LogP contribution in [0.15, 0.2) is 42.3 Å². The van der Waals surface area contributed by atoms with Crippen molar-refractivity contribution in [3.8, 4) is 0 Å². The molecule has 1 unspecified atom stereocenters. The van der Waals surface area contributed by atoms with E-state index < -0.39 is 0 Å². The lowest BCUT2D eigenvalue weighted by Crippen LogP contribution is -2.58. The number of anilines is 1. The van der Waals surface area contributed by atoms with Crippen LogP contribution in [0.3, 0.4) is 0 Å². The Kier molecular flexibility index (Phi) is 7.83. The number of hydrogen-bond acceptors (Lipinski definition) is 4. The number of allylic oxidation sites excluding steroid dienone is 3. The number of amides is 1. The van der Waals surface area contributed by atoms with Gasteiger partial charge in [-0.25, -0.2) is 4.98 Å². The Balaban J connectivity index is 0.000000913. The van der Waals surface area contributed by atoms with Gasteiger partial charge in [-0.15, -0.1) is 0 Å². The van der Waals surface area contributed by atoms with Crippen molar-refractivity contribution in [3.05, 3.63) is 47.9 Å². The smallest absolute Gasteiger partial charge is 0.231 e. The van der Waals surface area contributed by atoms with E-state index in [9.17, 15) is 9.90 Å². The first kappa shape index (κ1) is 24.1. The lowest BCUT2D eigenvalue weighted by atomic mass is 9.44. The zero-order valence-electron chi connectivity index (χ0n) is 20.1. The third-order valence-corrected chi connectivity index (χ3v) is 6.52. The maximum absolute atomic E-state index is 12.5. The van der Waals surface area contributed by atoms with Crippen LogP contribution < -0.4 is 5.32 Å². The fraction of sp³-hybridized carbons (Fsp3) is 0.519. The summed E-state index contributed by atoms with van der Waals surface area (Å²) in [5.74, 6) is 1.48. The zero-order chi connectivity index (χ0) is 23.3. The molecule has 3 aliphatic carbocycles. The number of nitrogens with zero attached hydrogens (tertiary/aromatic N) is 2. The van der Waals surface area contributed by atoms with E-state index in [1.165, 1.54) is 6.42 Å². The quantitative estimate of drug-likeness (QED) is 0.501. The van der Waals surface area contributed by atoms with Gasteiger partial charge in [0.05, 0.1) is 17.2 Å². The van der Waals surface area contributed by atoms with Crippen molar-refractivity contribution in [2.45, 2.75) is 79.2 Å². The summed E-state index contributed by atoms with van der Waals surface area (Å²) in [5.41, 5.74) is 2.92. The Morgan fingerprint density at radius 1 is 1.19 bits per heavy atom. The number of aromatic nitrogens is 2. The predicted octanol–water partition coefficient (Wildman–Crippen LogP) is 6.30. The number of aliphatic hydroxyl groups is 1. The average Bonchev–Trinajstić information content (AvgIpc) is 2.70. The summed E-state index contributed by atoms with van der Waals surface area (Å²) in [4.78, 5) is 21.6. The minimum atomic E-state index is -0.309. The molecule has 2 aromatic rings. The van der Waals surface area contributed by atoms with Gasteiger partial charge in [0.15, 0.2) is 0 Å². The topological polar surface area (TPSA) is 75.1 Å². The third kappa shape index (κ3) is 5.09. The van der Waals surface area contributed by atoms with Crippen LogP contribution in [0, 0.1) is 11.3 Å². The molecule has 32 heavy (non-hydrogen) atoms. The van der Waals surface area contributed by atoms with Gasteiger partial charge >= 0.3 is 0 Å². The van der Waals surface area contributed by atoms with Crippen LogP contribution >= 0.6 is 0 Å². The molecule has 2 aromatic heterocycles. The molecule has 2 bridgehead atoms. The highest BCUT2D eigenvalue weighted by molar-refractivity contribution is 5.98. The molecule has 1 atom stereocenters. The monoisotopic (exact) mass is 435 g/mol. The van der Waals surface area contributed by atoms with E-state index in [4.69, 9.17) is 0 Å². The van der Waals surface area contributed by atoms with E-state index in [-0.39, 0.29) is 17.4 Å². The summed E-state index contributed by atoms with van der Waals surface area (Å²) in [6.45, 7) is 10.3. The molecule has 5 rings (SSSR count). The van der Waals surface area contributed by atoms with Gasteiger partial charge in [-0.05, 0) is 75.1 Å². The summed E-state index contributed by atoms with van der Waals surface area (Å²) in [5, 5.41) is 14.7. The van der Waals surface area contributed by atoms with Crippen molar-refractivity contribution in [2.24, 2.45) is 11.3 Å². The highest BCUT2D eigenvalue weighted by Gasteiger charge is 2.61. The Labute approximate surface area is 192 Å². The Bertz CT molecular complexity index is 1010. The Morgan fingerprint density at radius 3 is 2.38 bits per heavy atom. The van der Waals surface area contributed by atoms with E-state index in [0.29, 0.717) is 12.2 Å². The van der Waals surface area contributed by atoms with Crippen molar-refractivity contribution >= 4 is 28.1 Å². The normalized spacial score (nSPS) is 22.9. The van der Waals surface area contributed by atoms with Gasteiger partial charge in [0, 0.05) is 23.2 Å². The van der Waals surface area contributed by atoms with Gasteiger partial charge in [-0.3, -0.25) is 9.78 Å². The van der Waals surface area contributed by atoms with E-state index in [2.05, 4.69) is 35.2 Å². The van der Waals surface area contributed by atoms with Crippen molar-refractivity contribution in [1.82, 2.24) is 9.97 Å². The molecule has 3 fully saturated rings. The molecule has 1 amide bonds. The number of aliphatic hydroxyl groups excluding tert-OH is 1. The second kappa shape index (κ2) is 10.4. The molecule has 172 valence electrons. The first-order valence-corrected chi connectivity index (χ1v) is 11.9. The third-order valence-electron chi connectivity index (χ3n) is 6.52. The number of pyridine rings is 2. The molecular weight excluding hydrogens is 398 g/mol. The predicted molar refractivity (Wildman–Crippen MR) is 132 cm³/mol. The van der Waals surface area contributed by atoms with E-state index in [1.54, 1.807) is 6.20 Å². The summed E-state index contributed by atoms with van der Waals surface area (Å²) in [6.07, 6.45) is 13.2. The number of nitrogens with one attached hydrogen (secondary N) is 1. The maximum Gasteiger partial charge on any atom is 0.231 e. The van der Waals surface area contributed by atoms with Gasteiger partial charge < -0.3 is 10.4 Å². The average molecular weight is 436 g/mol. The minimum absolute atomic E-state index is 0.112. The molecule has 0 saturated heterocycles. The van der Waals surface area contributed by atoms with Crippen LogP contribution in [-0.2, 0) is 4.79 Å². The molecule has 0 aliphatic heterocycles. The van der Waals surface area contributed by atoms with Crippen LogP contribution in [0.4, 0.5) is 5.82 Å². The molecule has 3 aliphatic rings. The van der Waals surface area contributed by atoms with E-state index in [1.807, 2.05) is 45.2 Å². The summed E-state index contributed by atoms with van der Waals surface area (Å²) < 4.78 is 0. The fourth-order valence-corrected chi connectivity index (χ4v) is 4.43. The molecule has 2 heterocycles. The van der Waals surface area contributed by atoms with Gasteiger partial charge in [0.1, 0.15) is 5.82 Å². The summed E-state index contributed by atoms with van der Waals surface area (Å²) >= 11 is 0. The van der Waals surface area contributed by atoms with Gasteiger partial charge in [0.2, 0.25) is 5.91 Å². The molecular formula is C27H37N3O2. The maximum atomic E-state index is 12.5. The van der Waals surface area contributed by atoms with Gasteiger partial charge in [-0.2, -0.15) is 0 Å². The van der Waals surface area contributed by atoms with E-state index >= 15 is 0 Å². The number of fused-ring (bicyclic) bond motifs is 1. The number of carbonyl (C=O) groups excluding carboxylic acids is 1. The van der Waals surface area contributed by atoms with Crippen LogP contribution in [0.5, 0.6) is 0 Å². The van der Waals surface area contributed by atoms with Crippen molar-refractivity contribution in [3.63, 3.8) is 0 Å². The van der Waals surface area contributed by atoms with Crippen LogP contribution in [0.25, 0.3) is 16.3 Å². The van der Waals surface area contributed by atoms with Crippen LogP contribution in [0.2, 0.25) is 0 Å². The fourth-order valence-electron chi connectivity index (χ4n) is 4.43. The highest BCUT2D eigenvalue weighted by atomic mass is 16.3. The number of rotatable bonds is 7. The lowest BCUT2D eigenvalue weighted by Gasteiger charge is -2.59. The van der Waals surface area contributed by atoms with Crippen LogP contribution in [-0.4, -0.2) is 27.1 Å². The first-order chi connectivity index (χ1) is 15.4. The number of hydrogen-bond donors (Lipinski definition) is 2. The molecule has 5 nitrogen and oxygen atoms in total. The summed E-state index contributed by atoms with van der Waals surface area (Å²) in [7, 11) is 0. The van der Waals surface area contributed by atoms with Gasteiger partial charge in [0.25, 0.3) is 0 Å². The molecule has 0 radical (unpaired) electrons. The SMILES string of the molecule is C/C=C(\C(C)=C/CC(O)CC)c1cc2cnc(NC(=O)C34CC(C3)C4)cc2cn1.CCC. The number of carbonyl (C=O) groups is 1. The lowest BCUT2D eigenvalue weighted by molar-refractivity contribution is -0.158. The van der Waals surface area contributed by atoms with E-state index in [0.717, 1.165) is 59.2 Å². The molecule has 0 aromatic carbocycles. The Morgan fingerprint density at radius 2 is 1.81 bits per heavy atom. The van der Waals surface area contributed by atoms with Crippen LogP contribution in [0.1, 0.15) is 78.8 Å². The molecule has 2 N–H and O–H groups in total. The summed E-state index contributed by atoms with van der Waals surface area (Å²) in [6, 6.07) is 3.92. The second-order valence-corrected chi connectivity index (χ2v) is 9.29. The Hall–Kier alpha value is -2.53. The molecule has 0 spiro atoms. The van der Waals surface area contributed by atoms with Crippen molar-refractivity contribution in [2.75, 3.05) is 5.32 Å². The van der Waals surface area contributed by atoms with Crippen molar-refractivity contribution in [1.29, 1.82) is 0 Å². The highest BCUT2D eigenvalue weighted by Crippen LogP contribution is 2.64. The minimum Gasteiger partial charge on any atom is -0.393 e. The zero-order valence-corrected chi connectivity index (χ0v) is 20.1. The second-order valence-electron chi connectivity index (χ2n) is 9.29. The van der Waals surface area contributed by atoms with Gasteiger partial charge in [-0.1, -0.05) is 39.3 Å². The molecule has 3 saturated carbocycles. The largest absolute Gasteiger partial charge is 0.393 e. The standard InChI is InChI=1S/C24H29N3O2.C3H8/c1-4-19(28)7-6-15(3)20(5-2)21-8-17-14-26-22(9-18(17)13-25-21)27-23(29)24-10-16(11-24)12-24;1-3-2/h5-6,8-9,13-14,16,19,28H,4,7,10-12H2,1-3H3,(H,26,27,29);3H2,1-2H3/b15-6-,20-5+;. The van der Waals surface area contributed by atoms with Crippen molar-refractivity contribution < 1.29 is 9.90 Å².